The van der Waals surface area contributed by atoms with Crippen molar-refractivity contribution in [1.82, 2.24) is 9.55 Å². The summed E-state index contributed by atoms with van der Waals surface area (Å²) in [4.78, 5) is 4.27. The Morgan fingerprint density at radius 1 is 1.26 bits per heavy atom. The van der Waals surface area contributed by atoms with Gasteiger partial charge in [0, 0.05) is 12.7 Å². The first kappa shape index (κ1) is 12.4. The van der Waals surface area contributed by atoms with Crippen LogP contribution in [0.2, 0.25) is 0 Å². The predicted octanol–water partition coefficient (Wildman–Crippen LogP) is 2.93. The van der Waals surface area contributed by atoms with Gasteiger partial charge in [-0.2, -0.15) is 0 Å². The molecule has 1 aliphatic rings. The van der Waals surface area contributed by atoms with E-state index in [2.05, 4.69) is 33.8 Å². The molecular weight excluding hydrogens is 234 g/mol. The SMILES string of the molecule is N[C@H](Cc1ccccc1)c1cncn1CCC1CC1. The number of imidazole rings is 1. The fourth-order valence-electron chi connectivity index (χ4n) is 2.53. The van der Waals surface area contributed by atoms with E-state index in [0.717, 1.165) is 24.6 Å². The summed E-state index contributed by atoms with van der Waals surface area (Å²) in [6.45, 7) is 1.06. The number of rotatable bonds is 6. The van der Waals surface area contributed by atoms with E-state index in [-0.39, 0.29) is 6.04 Å². The van der Waals surface area contributed by atoms with Crippen LogP contribution in [-0.2, 0) is 13.0 Å². The van der Waals surface area contributed by atoms with Crippen molar-refractivity contribution in [3.8, 4) is 0 Å². The van der Waals surface area contributed by atoms with Crippen LogP contribution in [0.1, 0.15) is 36.6 Å². The molecule has 0 spiro atoms. The highest BCUT2D eigenvalue weighted by Gasteiger charge is 2.21. The standard InChI is InChI=1S/C16H21N3/c17-15(10-14-4-2-1-3-5-14)16-11-18-12-19(16)9-8-13-6-7-13/h1-5,11-13,15H,6-10,17H2/t15-/m1/s1. The first-order valence-electron chi connectivity index (χ1n) is 7.12. The zero-order valence-corrected chi connectivity index (χ0v) is 11.2. The average molecular weight is 255 g/mol. The quantitative estimate of drug-likeness (QED) is 0.862. The topological polar surface area (TPSA) is 43.8 Å². The zero-order valence-electron chi connectivity index (χ0n) is 11.2. The molecule has 2 N–H and O–H groups in total. The van der Waals surface area contributed by atoms with Crippen molar-refractivity contribution in [1.29, 1.82) is 0 Å². The number of benzene rings is 1. The summed E-state index contributed by atoms with van der Waals surface area (Å²) in [6, 6.07) is 10.5. The Morgan fingerprint density at radius 3 is 2.79 bits per heavy atom. The van der Waals surface area contributed by atoms with Crippen LogP contribution in [0.25, 0.3) is 0 Å². The maximum atomic E-state index is 6.33. The van der Waals surface area contributed by atoms with Gasteiger partial charge >= 0.3 is 0 Å². The van der Waals surface area contributed by atoms with Crippen LogP contribution in [0.15, 0.2) is 42.9 Å². The lowest BCUT2D eigenvalue weighted by Gasteiger charge is -2.14. The Kier molecular flexibility index (Phi) is 3.65. The number of aryl methyl sites for hydroxylation is 1. The Hall–Kier alpha value is -1.61. The van der Waals surface area contributed by atoms with E-state index < -0.39 is 0 Å². The minimum absolute atomic E-state index is 0.0316. The first-order valence-corrected chi connectivity index (χ1v) is 7.12. The normalized spacial score (nSPS) is 16.5. The van der Waals surface area contributed by atoms with Gasteiger partial charge in [0.25, 0.3) is 0 Å². The van der Waals surface area contributed by atoms with Gasteiger partial charge in [0.15, 0.2) is 0 Å². The minimum Gasteiger partial charge on any atom is -0.333 e. The number of nitrogens with two attached hydrogens (primary N) is 1. The fourth-order valence-corrected chi connectivity index (χ4v) is 2.53. The maximum Gasteiger partial charge on any atom is 0.0948 e. The second-order valence-electron chi connectivity index (χ2n) is 5.54. The van der Waals surface area contributed by atoms with Crippen LogP contribution in [0.4, 0.5) is 0 Å². The van der Waals surface area contributed by atoms with Crippen molar-refractivity contribution < 1.29 is 0 Å². The summed E-state index contributed by atoms with van der Waals surface area (Å²) >= 11 is 0. The lowest BCUT2D eigenvalue weighted by atomic mass is 10.0. The van der Waals surface area contributed by atoms with Crippen molar-refractivity contribution in [3.05, 3.63) is 54.1 Å². The molecule has 3 nitrogen and oxygen atoms in total. The molecule has 3 rings (SSSR count). The lowest BCUT2D eigenvalue weighted by Crippen LogP contribution is -2.18. The van der Waals surface area contributed by atoms with Gasteiger partial charge in [-0.1, -0.05) is 43.2 Å². The molecule has 1 fully saturated rings. The highest BCUT2D eigenvalue weighted by Crippen LogP contribution is 2.33. The van der Waals surface area contributed by atoms with Gasteiger partial charge in [0.1, 0.15) is 0 Å². The molecule has 0 radical (unpaired) electrons. The molecule has 1 aliphatic carbocycles. The van der Waals surface area contributed by atoms with Crippen LogP contribution in [0.5, 0.6) is 0 Å². The summed E-state index contributed by atoms with van der Waals surface area (Å²) < 4.78 is 2.23. The number of nitrogens with zero attached hydrogens (tertiary/aromatic N) is 2. The van der Waals surface area contributed by atoms with E-state index in [0.29, 0.717) is 0 Å². The Balaban J connectivity index is 1.65. The summed E-state index contributed by atoms with van der Waals surface area (Å²) in [5.74, 6) is 0.945. The summed E-state index contributed by atoms with van der Waals surface area (Å²) in [7, 11) is 0. The molecule has 1 aromatic heterocycles. The van der Waals surface area contributed by atoms with Crippen LogP contribution >= 0.6 is 0 Å². The van der Waals surface area contributed by atoms with Crippen molar-refractivity contribution in [2.24, 2.45) is 11.7 Å². The molecule has 0 saturated heterocycles. The van der Waals surface area contributed by atoms with Crippen molar-refractivity contribution in [2.45, 2.75) is 38.3 Å². The molecule has 1 atom stereocenters. The van der Waals surface area contributed by atoms with E-state index in [9.17, 15) is 0 Å². The summed E-state index contributed by atoms with van der Waals surface area (Å²) in [5.41, 5.74) is 8.77. The molecule has 1 heterocycles. The molecule has 2 aromatic rings. The number of aromatic nitrogens is 2. The molecule has 0 amide bonds. The second kappa shape index (κ2) is 5.57. The molecule has 1 aromatic carbocycles. The smallest absolute Gasteiger partial charge is 0.0948 e. The van der Waals surface area contributed by atoms with Crippen LogP contribution in [-0.4, -0.2) is 9.55 Å². The highest BCUT2D eigenvalue weighted by molar-refractivity contribution is 5.18. The van der Waals surface area contributed by atoms with Crippen LogP contribution in [0, 0.1) is 5.92 Å². The van der Waals surface area contributed by atoms with Gasteiger partial charge in [0.05, 0.1) is 18.1 Å². The molecule has 0 aliphatic heterocycles. The third-order valence-corrected chi connectivity index (χ3v) is 3.90. The van der Waals surface area contributed by atoms with Gasteiger partial charge in [0.2, 0.25) is 0 Å². The van der Waals surface area contributed by atoms with E-state index in [1.165, 1.54) is 24.8 Å². The van der Waals surface area contributed by atoms with Crippen molar-refractivity contribution >= 4 is 0 Å². The van der Waals surface area contributed by atoms with Crippen LogP contribution < -0.4 is 5.73 Å². The molecule has 0 unspecified atom stereocenters. The number of hydrogen-bond acceptors (Lipinski definition) is 2. The predicted molar refractivity (Wildman–Crippen MR) is 76.6 cm³/mol. The first-order chi connectivity index (χ1) is 9.33. The molecule has 100 valence electrons. The van der Waals surface area contributed by atoms with Crippen LogP contribution in [0.3, 0.4) is 0 Å². The van der Waals surface area contributed by atoms with Crippen molar-refractivity contribution in [2.75, 3.05) is 0 Å². The summed E-state index contributed by atoms with van der Waals surface area (Å²) in [6.07, 6.45) is 8.78. The zero-order chi connectivity index (χ0) is 13.1. The fraction of sp³-hybridized carbons (Fsp3) is 0.438. The number of hydrogen-bond donors (Lipinski definition) is 1. The van der Waals surface area contributed by atoms with Gasteiger partial charge in [-0.25, -0.2) is 4.98 Å². The molecule has 3 heteroatoms. The van der Waals surface area contributed by atoms with E-state index >= 15 is 0 Å². The molecule has 0 bridgehead atoms. The summed E-state index contributed by atoms with van der Waals surface area (Å²) in [5, 5.41) is 0. The van der Waals surface area contributed by atoms with Gasteiger partial charge in [-0.15, -0.1) is 0 Å². The second-order valence-corrected chi connectivity index (χ2v) is 5.54. The average Bonchev–Trinajstić information content (AvgIpc) is 3.14. The Bertz CT molecular complexity index is 514. The lowest BCUT2D eigenvalue weighted by molar-refractivity contribution is 0.550. The third-order valence-electron chi connectivity index (χ3n) is 3.90. The van der Waals surface area contributed by atoms with Gasteiger partial charge in [-0.05, 0) is 24.3 Å². The van der Waals surface area contributed by atoms with E-state index in [1.807, 2.05) is 18.6 Å². The molecule has 1 saturated carbocycles. The van der Waals surface area contributed by atoms with E-state index in [1.54, 1.807) is 0 Å². The molecule has 19 heavy (non-hydrogen) atoms. The van der Waals surface area contributed by atoms with Gasteiger partial charge in [-0.3, -0.25) is 0 Å². The Labute approximate surface area is 114 Å². The van der Waals surface area contributed by atoms with Gasteiger partial charge < -0.3 is 10.3 Å². The Morgan fingerprint density at radius 2 is 2.05 bits per heavy atom. The molecular formula is C16H21N3. The largest absolute Gasteiger partial charge is 0.333 e. The maximum absolute atomic E-state index is 6.33. The highest BCUT2D eigenvalue weighted by atomic mass is 15.1. The van der Waals surface area contributed by atoms with Crippen molar-refractivity contribution in [3.63, 3.8) is 0 Å². The van der Waals surface area contributed by atoms with E-state index in [4.69, 9.17) is 5.73 Å². The monoisotopic (exact) mass is 255 g/mol. The third kappa shape index (κ3) is 3.24. The minimum atomic E-state index is 0.0316.